The van der Waals surface area contributed by atoms with Crippen molar-refractivity contribution in [2.45, 2.75) is 11.4 Å². The van der Waals surface area contributed by atoms with Crippen molar-refractivity contribution in [2.24, 2.45) is 0 Å². The van der Waals surface area contributed by atoms with Crippen molar-refractivity contribution in [3.05, 3.63) is 66.1 Å². The van der Waals surface area contributed by atoms with Crippen molar-refractivity contribution in [1.29, 1.82) is 0 Å². The zero-order valence-corrected chi connectivity index (χ0v) is 15.2. The van der Waals surface area contributed by atoms with E-state index in [-0.39, 0.29) is 13.1 Å². The first-order valence-electron chi connectivity index (χ1n) is 8.54. The van der Waals surface area contributed by atoms with Crippen LogP contribution < -0.4 is 0 Å². The average Bonchev–Trinajstić information content (AvgIpc) is 3.07. The molecule has 0 unspecified atom stereocenters. The Balaban J connectivity index is 1.46. The van der Waals surface area contributed by atoms with Crippen molar-refractivity contribution in [1.82, 2.24) is 18.6 Å². The van der Waals surface area contributed by atoms with E-state index in [0.717, 1.165) is 29.5 Å². The fraction of sp³-hybridized carbons (Fsp3) is 0.278. The van der Waals surface area contributed by atoms with Gasteiger partial charge in [0.2, 0.25) is 10.0 Å². The third-order valence-corrected chi connectivity index (χ3v) is 6.64. The van der Waals surface area contributed by atoms with Gasteiger partial charge in [-0.1, -0.05) is 6.07 Å². The molecule has 3 heterocycles. The maximum atomic E-state index is 13.9. The predicted molar refractivity (Wildman–Crippen MR) is 95.6 cm³/mol. The van der Waals surface area contributed by atoms with Gasteiger partial charge < -0.3 is 4.40 Å². The lowest BCUT2D eigenvalue weighted by atomic mass is 10.3. The van der Waals surface area contributed by atoms with Crippen LogP contribution in [0.15, 0.2) is 53.7 Å². The van der Waals surface area contributed by atoms with Gasteiger partial charge in [-0.25, -0.2) is 22.2 Å². The van der Waals surface area contributed by atoms with E-state index in [9.17, 15) is 17.2 Å². The zero-order chi connectivity index (χ0) is 19.0. The summed E-state index contributed by atoms with van der Waals surface area (Å²) in [4.78, 5) is 5.85. The second-order valence-electron chi connectivity index (χ2n) is 6.43. The smallest absolute Gasteiger partial charge is 0.246 e. The molecule has 0 radical (unpaired) electrons. The number of benzene rings is 1. The number of pyridine rings is 1. The number of fused-ring (bicyclic) bond motifs is 1. The second kappa shape index (κ2) is 6.99. The Kier molecular flexibility index (Phi) is 4.67. The molecule has 0 saturated carbocycles. The highest BCUT2D eigenvalue weighted by molar-refractivity contribution is 7.89. The Morgan fingerprint density at radius 1 is 1.04 bits per heavy atom. The minimum atomic E-state index is -4.06. The highest BCUT2D eigenvalue weighted by atomic mass is 32.2. The fourth-order valence-corrected chi connectivity index (χ4v) is 4.77. The first kappa shape index (κ1) is 18.0. The van der Waals surface area contributed by atoms with Crippen LogP contribution >= 0.6 is 0 Å². The molecule has 1 saturated heterocycles. The molecule has 0 atom stereocenters. The maximum absolute atomic E-state index is 13.9. The lowest BCUT2D eigenvalue weighted by Crippen LogP contribution is -2.48. The van der Waals surface area contributed by atoms with E-state index in [4.69, 9.17) is 0 Å². The molecule has 0 bridgehead atoms. The van der Waals surface area contributed by atoms with Gasteiger partial charge in [0.05, 0.1) is 11.9 Å². The molecule has 0 spiro atoms. The normalized spacial score (nSPS) is 16.8. The molecule has 1 aliphatic heterocycles. The van der Waals surface area contributed by atoms with Crippen molar-refractivity contribution < 1.29 is 17.2 Å². The molecule has 142 valence electrons. The quantitative estimate of drug-likeness (QED) is 0.683. The van der Waals surface area contributed by atoms with Crippen LogP contribution in [0.25, 0.3) is 5.65 Å². The number of aromatic nitrogens is 2. The fourth-order valence-electron chi connectivity index (χ4n) is 3.27. The summed E-state index contributed by atoms with van der Waals surface area (Å²) < 4.78 is 55.8. The van der Waals surface area contributed by atoms with Crippen LogP contribution in [0.1, 0.15) is 5.69 Å². The molecule has 27 heavy (non-hydrogen) atoms. The van der Waals surface area contributed by atoms with Gasteiger partial charge in [0, 0.05) is 38.9 Å². The van der Waals surface area contributed by atoms with Crippen LogP contribution in [0.4, 0.5) is 8.78 Å². The minimum absolute atomic E-state index is 0.217. The number of halogens is 2. The summed E-state index contributed by atoms with van der Waals surface area (Å²) in [5.41, 5.74) is 1.87. The topological polar surface area (TPSA) is 57.9 Å². The van der Waals surface area contributed by atoms with Crippen LogP contribution in [0.5, 0.6) is 0 Å². The molecule has 4 rings (SSSR count). The van der Waals surface area contributed by atoms with Gasteiger partial charge in [0.25, 0.3) is 0 Å². The summed E-state index contributed by atoms with van der Waals surface area (Å²) in [5.74, 6) is -1.72. The third kappa shape index (κ3) is 3.45. The molecule has 0 amide bonds. The van der Waals surface area contributed by atoms with Crippen LogP contribution in [0, 0.1) is 11.6 Å². The summed E-state index contributed by atoms with van der Waals surface area (Å²) in [6.07, 6.45) is 3.74. The number of sulfonamides is 1. The van der Waals surface area contributed by atoms with Crippen molar-refractivity contribution in [3.8, 4) is 0 Å². The van der Waals surface area contributed by atoms with Gasteiger partial charge in [-0.15, -0.1) is 0 Å². The molecule has 2 aromatic heterocycles. The van der Waals surface area contributed by atoms with Crippen molar-refractivity contribution in [3.63, 3.8) is 0 Å². The molecule has 6 nitrogen and oxygen atoms in total. The summed E-state index contributed by atoms with van der Waals surface area (Å²) in [5, 5.41) is 0. The van der Waals surface area contributed by atoms with Gasteiger partial charge in [-0.05, 0) is 30.3 Å². The van der Waals surface area contributed by atoms with E-state index in [1.165, 1.54) is 4.31 Å². The molecule has 1 aromatic carbocycles. The summed E-state index contributed by atoms with van der Waals surface area (Å²) in [7, 11) is -4.06. The number of piperazine rings is 1. The molecule has 1 fully saturated rings. The standard InChI is InChI=1S/C18H18F2N4O2S/c19-14-4-5-16(20)17(11-14)27(25,26)23-9-7-22(8-10-23)13-15-12-21-18-3-1-2-6-24(15)18/h1-6,11-12H,7-10,13H2. The van der Waals surface area contributed by atoms with E-state index in [1.54, 1.807) is 6.20 Å². The SMILES string of the molecule is O=S(=O)(c1cc(F)ccc1F)N1CCN(Cc2cnc3ccccn23)CC1. The molecule has 0 aliphatic carbocycles. The van der Waals surface area contributed by atoms with Gasteiger partial charge in [0.15, 0.2) is 0 Å². The highest BCUT2D eigenvalue weighted by Crippen LogP contribution is 2.22. The number of imidazole rings is 1. The predicted octanol–water partition coefficient (Wildman–Crippen LogP) is 2.12. The van der Waals surface area contributed by atoms with E-state index in [0.29, 0.717) is 19.6 Å². The summed E-state index contributed by atoms with van der Waals surface area (Å²) >= 11 is 0. The number of rotatable bonds is 4. The number of hydrogen-bond acceptors (Lipinski definition) is 4. The lowest BCUT2D eigenvalue weighted by Gasteiger charge is -2.33. The lowest BCUT2D eigenvalue weighted by molar-refractivity contribution is 0.179. The Hall–Kier alpha value is -2.36. The van der Waals surface area contributed by atoms with Crippen molar-refractivity contribution in [2.75, 3.05) is 26.2 Å². The Bertz CT molecular complexity index is 1080. The summed E-state index contributed by atoms with van der Waals surface area (Å²) in [6, 6.07) is 8.24. The van der Waals surface area contributed by atoms with E-state index < -0.39 is 26.6 Å². The third-order valence-electron chi connectivity index (χ3n) is 4.72. The van der Waals surface area contributed by atoms with Gasteiger partial charge in [-0.3, -0.25) is 4.90 Å². The number of hydrogen-bond donors (Lipinski definition) is 0. The molecule has 0 N–H and O–H groups in total. The molecule has 3 aromatic rings. The molecule has 9 heteroatoms. The maximum Gasteiger partial charge on any atom is 0.246 e. The zero-order valence-electron chi connectivity index (χ0n) is 14.4. The first-order valence-corrected chi connectivity index (χ1v) is 9.98. The average molecular weight is 392 g/mol. The molecule has 1 aliphatic rings. The van der Waals surface area contributed by atoms with Gasteiger partial charge in [-0.2, -0.15) is 4.31 Å². The first-order chi connectivity index (χ1) is 12.9. The highest BCUT2D eigenvalue weighted by Gasteiger charge is 2.31. The Morgan fingerprint density at radius 2 is 1.81 bits per heavy atom. The van der Waals surface area contributed by atoms with Crippen molar-refractivity contribution >= 4 is 15.7 Å². The van der Waals surface area contributed by atoms with E-state index in [1.807, 2.05) is 28.8 Å². The van der Waals surface area contributed by atoms with E-state index in [2.05, 4.69) is 9.88 Å². The molecular weight excluding hydrogens is 374 g/mol. The van der Waals surface area contributed by atoms with Crippen LogP contribution in [-0.2, 0) is 16.6 Å². The van der Waals surface area contributed by atoms with Gasteiger partial charge in [0.1, 0.15) is 22.2 Å². The molecular formula is C18H18F2N4O2S. The minimum Gasteiger partial charge on any atom is -0.303 e. The Labute approximate surface area is 155 Å². The van der Waals surface area contributed by atoms with Crippen LogP contribution in [-0.4, -0.2) is 53.2 Å². The monoisotopic (exact) mass is 392 g/mol. The second-order valence-corrected chi connectivity index (χ2v) is 8.34. The van der Waals surface area contributed by atoms with Gasteiger partial charge >= 0.3 is 0 Å². The van der Waals surface area contributed by atoms with Crippen LogP contribution in [0.2, 0.25) is 0 Å². The number of nitrogens with zero attached hydrogens (tertiary/aromatic N) is 4. The Morgan fingerprint density at radius 3 is 2.59 bits per heavy atom. The largest absolute Gasteiger partial charge is 0.303 e. The summed E-state index contributed by atoms with van der Waals surface area (Å²) in [6.45, 7) is 2.06. The van der Waals surface area contributed by atoms with Crippen LogP contribution in [0.3, 0.4) is 0 Å². The van der Waals surface area contributed by atoms with E-state index >= 15 is 0 Å².